The van der Waals surface area contributed by atoms with E-state index in [2.05, 4.69) is 32.0 Å². The van der Waals surface area contributed by atoms with Crippen molar-refractivity contribution in [1.82, 2.24) is 20.1 Å². The van der Waals surface area contributed by atoms with Crippen LogP contribution in [-0.4, -0.2) is 32.5 Å². The fourth-order valence-corrected chi connectivity index (χ4v) is 4.69. The second-order valence-corrected chi connectivity index (χ2v) is 9.09. The molecule has 0 bridgehead atoms. The van der Waals surface area contributed by atoms with Crippen molar-refractivity contribution in [2.75, 3.05) is 11.9 Å². The molecule has 1 amide bonds. The Labute approximate surface area is 190 Å². The highest BCUT2D eigenvalue weighted by molar-refractivity contribution is 8.00. The first-order chi connectivity index (χ1) is 15.3. The highest BCUT2D eigenvalue weighted by Crippen LogP contribution is 2.34. The molecular weight excluding hydrogens is 439 g/mol. The van der Waals surface area contributed by atoms with Crippen LogP contribution in [0.1, 0.15) is 56.5 Å². The smallest absolute Gasteiger partial charge is 0.378 e. The van der Waals surface area contributed by atoms with Crippen LogP contribution in [0.2, 0.25) is 0 Å². The van der Waals surface area contributed by atoms with E-state index in [9.17, 15) is 18.0 Å². The van der Waals surface area contributed by atoms with E-state index in [0.717, 1.165) is 37.8 Å². The van der Waals surface area contributed by atoms with Crippen molar-refractivity contribution in [1.29, 1.82) is 0 Å². The Bertz CT molecular complexity index is 925. The van der Waals surface area contributed by atoms with Gasteiger partial charge in [0.1, 0.15) is 0 Å². The van der Waals surface area contributed by atoms with Crippen molar-refractivity contribution in [3.63, 3.8) is 0 Å². The molecular formula is C22H28F3N5OS. The Kier molecular flexibility index (Phi) is 8.22. The van der Waals surface area contributed by atoms with E-state index in [0.29, 0.717) is 23.2 Å². The molecule has 1 saturated carbocycles. The number of nitrogens with one attached hydrogen (secondary N) is 2. The van der Waals surface area contributed by atoms with E-state index >= 15 is 0 Å². The molecule has 1 unspecified atom stereocenters. The van der Waals surface area contributed by atoms with E-state index in [1.807, 2.05) is 6.92 Å². The zero-order chi connectivity index (χ0) is 23.1. The van der Waals surface area contributed by atoms with Gasteiger partial charge in [-0.25, -0.2) is 0 Å². The molecule has 1 aromatic carbocycles. The summed E-state index contributed by atoms with van der Waals surface area (Å²) < 4.78 is 41.1. The van der Waals surface area contributed by atoms with Crippen molar-refractivity contribution in [2.45, 2.75) is 68.2 Å². The molecule has 0 aliphatic heterocycles. The van der Waals surface area contributed by atoms with Gasteiger partial charge < -0.3 is 15.2 Å². The number of benzene rings is 1. The topological polar surface area (TPSA) is 71.8 Å². The predicted molar refractivity (Wildman–Crippen MR) is 119 cm³/mol. The summed E-state index contributed by atoms with van der Waals surface area (Å²) in [6.07, 6.45) is 2.58. The van der Waals surface area contributed by atoms with Crippen LogP contribution in [0.15, 0.2) is 42.1 Å². The van der Waals surface area contributed by atoms with Gasteiger partial charge >= 0.3 is 6.18 Å². The summed E-state index contributed by atoms with van der Waals surface area (Å²) in [5, 5.41) is 14.7. The normalized spacial score (nSPS) is 15.9. The van der Waals surface area contributed by atoms with Crippen LogP contribution in [0.4, 0.5) is 18.9 Å². The Morgan fingerprint density at radius 2 is 2.06 bits per heavy atom. The molecule has 1 aliphatic carbocycles. The third-order valence-electron chi connectivity index (χ3n) is 5.39. The van der Waals surface area contributed by atoms with Gasteiger partial charge in [0.2, 0.25) is 5.91 Å². The van der Waals surface area contributed by atoms with E-state index in [4.69, 9.17) is 0 Å². The maximum Gasteiger partial charge on any atom is 0.416 e. The molecule has 3 rings (SSSR count). The summed E-state index contributed by atoms with van der Waals surface area (Å²) in [7, 11) is 0. The number of nitrogens with zero attached hydrogens (tertiary/aromatic N) is 3. The molecule has 0 spiro atoms. The summed E-state index contributed by atoms with van der Waals surface area (Å²) in [4.78, 5) is 12.3. The number of hydrogen-bond acceptors (Lipinski definition) is 5. The number of carbonyl (C=O) groups is 1. The van der Waals surface area contributed by atoms with Gasteiger partial charge in [0.05, 0.1) is 17.4 Å². The maximum atomic E-state index is 13.0. The molecule has 10 heteroatoms. The molecule has 0 radical (unpaired) electrons. The Balaban J connectivity index is 1.78. The molecule has 0 saturated heterocycles. The van der Waals surface area contributed by atoms with Crippen LogP contribution in [0.5, 0.6) is 0 Å². The van der Waals surface area contributed by atoms with Gasteiger partial charge in [0, 0.05) is 18.3 Å². The van der Waals surface area contributed by atoms with Crippen molar-refractivity contribution in [2.24, 2.45) is 0 Å². The monoisotopic (exact) mass is 467 g/mol. The highest BCUT2D eigenvalue weighted by Gasteiger charge is 2.30. The fourth-order valence-electron chi connectivity index (χ4n) is 3.73. The van der Waals surface area contributed by atoms with Crippen LogP contribution in [0, 0.1) is 0 Å². The standard InChI is InChI=1S/C22H28F3N5OS/c1-3-12-26-20(31)15(2)32-21-29-28-19(30(21)18-10-5-4-6-11-18)14-27-17-9-7-8-16(13-17)22(23,24)25/h3,7-9,13,15,18,27H,1,4-6,10-12,14H2,2H3,(H,26,31). The first kappa shape index (κ1) is 24.2. The van der Waals surface area contributed by atoms with Crippen LogP contribution in [0.25, 0.3) is 0 Å². The van der Waals surface area contributed by atoms with Gasteiger partial charge in [-0.2, -0.15) is 13.2 Å². The maximum absolute atomic E-state index is 13.0. The summed E-state index contributed by atoms with van der Waals surface area (Å²) in [6.45, 7) is 6.04. The fraction of sp³-hybridized carbons (Fsp3) is 0.500. The average molecular weight is 468 g/mol. The van der Waals surface area contributed by atoms with E-state index in [1.165, 1.54) is 24.2 Å². The molecule has 32 heavy (non-hydrogen) atoms. The minimum Gasteiger partial charge on any atom is -0.378 e. The molecule has 1 aromatic heterocycles. The molecule has 174 valence electrons. The summed E-state index contributed by atoms with van der Waals surface area (Å²) >= 11 is 1.34. The quantitative estimate of drug-likeness (QED) is 0.392. The largest absolute Gasteiger partial charge is 0.416 e. The lowest BCUT2D eigenvalue weighted by Crippen LogP contribution is -2.31. The number of alkyl halides is 3. The third-order valence-corrected chi connectivity index (χ3v) is 6.44. The molecule has 1 atom stereocenters. The number of anilines is 1. The number of halogens is 3. The van der Waals surface area contributed by atoms with Gasteiger partial charge in [-0.15, -0.1) is 16.8 Å². The number of rotatable bonds is 9. The van der Waals surface area contributed by atoms with E-state index in [-0.39, 0.29) is 23.7 Å². The zero-order valence-electron chi connectivity index (χ0n) is 18.0. The molecule has 1 aliphatic rings. The van der Waals surface area contributed by atoms with Gasteiger partial charge in [-0.05, 0) is 38.0 Å². The van der Waals surface area contributed by atoms with Crippen molar-refractivity contribution < 1.29 is 18.0 Å². The van der Waals surface area contributed by atoms with Crippen LogP contribution < -0.4 is 10.6 Å². The van der Waals surface area contributed by atoms with Crippen molar-refractivity contribution >= 4 is 23.4 Å². The van der Waals surface area contributed by atoms with Gasteiger partial charge in [0.25, 0.3) is 0 Å². The Hall–Kier alpha value is -2.49. The summed E-state index contributed by atoms with van der Waals surface area (Å²) in [6, 6.07) is 5.31. The van der Waals surface area contributed by atoms with Crippen LogP contribution in [0.3, 0.4) is 0 Å². The molecule has 2 aromatic rings. The molecule has 2 N–H and O–H groups in total. The summed E-state index contributed by atoms with van der Waals surface area (Å²) in [5.74, 6) is 0.534. The minimum atomic E-state index is -4.40. The number of aromatic nitrogens is 3. The minimum absolute atomic E-state index is 0.114. The third kappa shape index (κ3) is 6.27. The number of carbonyl (C=O) groups excluding carboxylic acids is 1. The second kappa shape index (κ2) is 10.9. The first-order valence-corrected chi connectivity index (χ1v) is 11.6. The SMILES string of the molecule is C=CCNC(=O)C(C)Sc1nnc(CNc2cccc(C(F)(F)F)c2)n1C1CCCCC1. The number of hydrogen-bond donors (Lipinski definition) is 2. The molecule has 1 heterocycles. The highest BCUT2D eigenvalue weighted by atomic mass is 32.2. The van der Waals surface area contributed by atoms with Crippen molar-refractivity contribution in [3.05, 3.63) is 48.3 Å². The number of amides is 1. The zero-order valence-corrected chi connectivity index (χ0v) is 18.8. The van der Waals surface area contributed by atoms with E-state index in [1.54, 1.807) is 12.1 Å². The van der Waals surface area contributed by atoms with Gasteiger partial charge in [-0.3, -0.25) is 4.79 Å². The lowest BCUT2D eigenvalue weighted by Gasteiger charge is -2.26. The Morgan fingerprint density at radius 3 is 2.75 bits per heavy atom. The van der Waals surface area contributed by atoms with Gasteiger partial charge in [-0.1, -0.05) is 43.2 Å². The van der Waals surface area contributed by atoms with E-state index < -0.39 is 11.7 Å². The number of thioether (sulfide) groups is 1. The summed E-state index contributed by atoms with van der Waals surface area (Å²) in [5.41, 5.74) is -0.337. The lowest BCUT2D eigenvalue weighted by molar-refractivity contribution is -0.137. The van der Waals surface area contributed by atoms with Gasteiger partial charge in [0.15, 0.2) is 11.0 Å². The molecule has 1 fully saturated rings. The second-order valence-electron chi connectivity index (χ2n) is 7.79. The van der Waals surface area contributed by atoms with Crippen LogP contribution in [-0.2, 0) is 17.5 Å². The lowest BCUT2D eigenvalue weighted by atomic mass is 9.95. The predicted octanol–water partition coefficient (Wildman–Crippen LogP) is 5.20. The average Bonchev–Trinajstić information content (AvgIpc) is 3.18. The Morgan fingerprint density at radius 1 is 1.31 bits per heavy atom. The first-order valence-electron chi connectivity index (χ1n) is 10.7. The molecule has 6 nitrogen and oxygen atoms in total. The van der Waals surface area contributed by atoms with Crippen LogP contribution >= 0.6 is 11.8 Å². The van der Waals surface area contributed by atoms with Crippen molar-refractivity contribution in [3.8, 4) is 0 Å².